The summed E-state index contributed by atoms with van der Waals surface area (Å²) in [6.07, 6.45) is 0.133. The molecule has 0 aromatic heterocycles. The number of rotatable bonds is 7. The van der Waals surface area contributed by atoms with E-state index in [1.54, 1.807) is 7.11 Å². The van der Waals surface area contributed by atoms with Gasteiger partial charge in [-0.05, 0) is 11.1 Å². The Morgan fingerprint density at radius 1 is 1.21 bits per heavy atom. The van der Waals surface area contributed by atoms with Crippen LogP contribution >= 0.6 is 0 Å². The zero-order valence-electron chi connectivity index (χ0n) is 10.9. The van der Waals surface area contributed by atoms with Crippen molar-refractivity contribution < 1.29 is 14.3 Å². The normalized spacial score (nSPS) is 9.95. The number of benzene rings is 1. The summed E-state index contributed by atoms with van der Waals surface area (Å²) < 4.78 is 5.09. The number of carbonyl (C=O) groups is 2. The molecule has 0 aliphatic heterocycles. The lowest BCUT2D eigenvalue weighted by Crippen LogP contribution is -2.36. The number of amides is 3. The van der Waals surface area contributed by atoms with Crippen LogP contribution in [0.2, 0.25) is 0 Å². The number of carbonyl (C=O) groups excluding carboxylic acids is 2. The topological polar surface area (TPSA) is 93.4 Å². The molecular weight excluding hydrogens is 246 g/mol. The van der Waals surface area contributed by atoms with Crippen LogP contribution in [0.3, 0.4) is 0 Å². The Morgan fingerprint density at radius 3 is 2.53 bits per heavy atom. The first-order valence-corrected chi connectivity index (χ1v) is 5.99. The minimum Gasteiger partial charge on any atom is -0.380 e. The Kier molecular flexibility index (Phi) is 6.38. The summed E-state index contributed by atoms with van der Waals surface area (Å²) in [5, 5.41) is 5.27. The molecule has 6 nitrogen and oxygen atoms in total. The number of ether oxygens (including phenoxy) is 1. The summed E-state index contributed by atoms with van der Waals surface area (Å²) in [5.41, 5.74) is 7.00. The predicted molar refractivity (Wildman–Crippen MR) is 71.2 cm³/mol. The summed E-state index contributed by atoms with van der Waals surface area (Å²) in [5.74, 6) is -0.439. The predicted octanol–water partition coefficient (Wildman–Crippen LogP) is 0.508. The van der Waals surface area contributed by atoms with Gasteiger partial charge in [-0.1, -0.05) is 24.3 Å². The number of nitrogens with one attached hydrogen (secondary N) is 2. The van der Waals surface area contributed by atoms with E-state index in [1.165, 1.54) is 0 Å². The van der Waals surface area contributed by atoms with Crippen LogP contribution in [0.15, 0.2) is 24.3 Å². The SMILES string of the molecule is COCc1ccccc1CNC(=O)NCCC(N)=O. The number of primary amides is 1. The Labute approximate surface area is 112 Å². The van der Waals surface area contributed by atoms with Crippen molar-refractivity contribution in [2.75, 3.05) is 13.7 Å². The lowest BCUT2D eigenvalue weighted by Gasteiger charge is -2.10. The third kappa shape index (κ3) is 5.87. The van der Waals surface area contributed by atoms with Gasteiger partial charge in [-0.2, -0.15) is 0 Å². The Hall–Kier alpha value is -2.08. The Morgan fingerprint density at radius 2 is 1.89 bits per heavy atom. The van der Waals surface area contributed by atoms with Gasteiger partial charge in [0.2, 0.25) is 5.91 Å². The van der Waals surface area contributed by atoms with E-state index in [-0.39, 0.29) is 19.0 Å². The maximum absolute atomic E-state index is 11.5. The summed E-state index contributed by atoms with van der Waals surface area (Å²) in [6.45, 7) is 1.14. The molecule has 6 heteroatoms. The third-order valence-electron chi connectivity index (χ3n) is 2.51. The van der Waals surface area contributed by atoms with Crippen molar-refractivity contribution in [3.05, 3.63) is 35.4 Å². The van der Waals surface area contributed by atoms with Crippen molar-refractivity contribution in [2.45, 2.75) is 19.6 Å². The van der Waals surface area contributed by atoms with Gasteiger partial charge >= 0.3 is 6.03 Å². The smallest absolute Gasteiger partial charge is 0.315 e. The average molecular weight is 265 g/mol. The van der Waals surface area contributed by atoms with Crippen molar-refractivity contribution in [1.29, 1.82) is 0 Å². The van der Waals surface area contributed by atoms with Crippen molar-refractivity contribution in [1.82, 2.24) is 10.6 Å². The Bertz CT molecular complexity index is 435. The lowest BCUT2D eigenvalue weighted by atomic mass is 10.1. The van der Waals surface area contributed by atoms with E-state index in [9.17, 15) is 9.59 Å². The van der Waals surface area contributed by atoms with E-state index in [1.807, 2.05) is 24.3 Å². The van der Waals surface area contributed by atoms with Gasteiger partial charge < -0.3 is 21.1 Å². The van der Waals surface area contributed by atoms with Crippen LogP contribution in [0.1, 0.15) is 17.5 Å². The molecule has 0 heterocycles. The molecule has 19 heavy (non-hydrogen) atoms. The highest BCUT2D eigenvalue weighted by Crippen LogP contribution is 2.09. The quantitative estimate of drug-likeness (QED) is 0.670. The fraction of sp³-hybridized carbons (Fsp3) is 0.385. The van der Waals surface area contributed by atoms with Gasteiger partial charge in [0.05, 0.1) is 6.61 Å². The van der Waals surface area contributed by atoms with Crippen LogP contribution in [0.25, 0.3) is 0 Å². The molecule has 0 aliphatic rings. The number of hydrogen-bond acceptors (Lipinski definition) is 3. The molecule has 0 atom stereocenters. The van der Waals surface area contributed by atoms with E-state index in [0.717, 1.165) is 11.1 Å². The fourth-order valence-electron chi connectivity index (χ4n) is 1.56. The number of urea groups is 1. The van der Waals surface area contributed by atoms with Gasteiger partial charge in [-0.15, -0.1) is 0 Å². The first kappa shape index (κ1) is 15.0. The molecule has 0 radical (unpaired) electrons. The first-order chi connectivity index (χ1) is 9.13. The van der Waals surface area contributed by atoms with E-state index in [2.05, 4.69) is 10.6 Å². The van der Waals surface area contributed by atoms with Crippen LogP contribution in [0, 0.1) is 0 Å². The second-order valence-electron chi connectivity index (χ2n) is 4.03. The van der Waals surface area contributed by atoms with Gasteiger partial charge in [0, 0.05) is 26.6 Å². The second-order valence-corrected chi connectivity index (χ2v) is 4.03. The average Bonchev–Trinajstić information content (AvgIpc) is 2.37. The van der Waals surface area contributed by atoms with E-state index >= 15 is 0 Å². The molecule has 0 saturated carbocycles. The zero-order chi connectivity index (χ0) is 14.1. The van der Waals surface area contributed by atoms with E-state index < -0.39 is 5.91 Å². The maximum atomic E-state index is 11.5. The van der Waals surface area contributed by atoms with Crippen molar-refractivity contribution in [3.8, 4) is 0 Å². The van der Waals surface area contributed by atoms with Crippen molar-refractivity contribution in [2.24, 2.45) is 5.73 Å². The highest BCUT2D eigenvalue weighted by molar-refractivity contribution is 5.76. The zero-order valence-corrected chi connectivity index (χ0v) is 10.9. The number of methoxy groups -OCH3 is 1. The van der Waals surface area contributed by atoms with Crippen LogP contribution in [0.4, 0.5) is 4.79 Å². The van der Waals surface area contributed by atoms with Crippen LogP contribution < -0.4 is 16.4 Å². The summed E-state index contributed by atoms with van der Waals surface area (Å²) in [4.78, 5) is 22.0. The Balaban J connectivity index is 2.39. The minimum atomic E-state index is -0.439. The fourth-order valence-corrected chi connectivity index (χ4v) is 1.56. The van der Waals surface area contributed by atoms with Crippen LogP contribution in [-0.2, 0) is 22.7 Å². The van der Waals surface area contributed by atoms with Gasteiger partial charge in [0.15, 0.2) is 0 Å². The summed E-state index contributed by atoms with van der Waals surface area (Å²) >= 11 is 0. The molecule has 0 unspecified atom stereocenters. The number of hydrogen-bond donors (Lipinski definition) is 3. The van der Waals surface area contributed by atoms with E-state index in [0.29, 0.717) is 13.2 Å². The summed E-state index contributed by atoms with van der Waals surface area (Å²) in [6, 6.07) is 7.38. The molecule has 1 aromatic rings. The van der Waals surface area contributed by atoms with Gasteiger partial charge in [-0.3, -0.25) is 4.79 Å². The van der Waals surface area contributed by atoms with Crippen molar-refractivity contribution >= 4 is 11.9 Å². The van der Waals surface area contributed by atoms with Crippen LogP contribution in [-0.4, -0.2) is 25.6 Å². The van der Waals surface area contributed by atoms with Crippen LogP contribution in [0.5, 0.6) is 0 Å². The number of nitrogens with two attached hydrogens (primary N) is 1. The molecule has 0 aliphatic carbocycles. The first-order valence-electron chi connectivity index (χ1n) is 5.99. The third-order valence-corrected chi connectivity index (χ3v) is 2.51. The monoisotopic (exact) mass is 265 g/mol. The molecule has 104 valence electrons. The molecule has 0 spiro atoms. The largest absolute Gasteiger partial charge is 0.380 e. The molecule has 1 rings (SSSR count). The molecule has 1 aromatic carbocycles. The molecule has 3 amide bonds. The van der Waals surface area contributed by atoms with Crippen molar-refractivity contribution in [3.63, 3.8) is 0 Å². The van der Waals surface area contributed by atoms with Gasteiger partial charge in [0.1, 0.15) is 0 Å². The molecule has 0 bridgehead atoms. The molecule has 0 saturated heterocycles. The highest BCUT2D eigenvalue weighted by Gasteiger charge is 2.04. The lowest BCUT2D eigenvalue weighted by molar-refractivity contribution is -0.117. The standard InChI is InChI=1S/C13H19N3O3/c1-19-9-11-5-3-2-4-10(11)8-16-13(18)15-7-6-12(14)17/h2-5H,6-9H2,1H3,(H2,14,17)(H2,15,16,18). The van der Waals surface area contributed by atoms with Gasteiger partial charge in [0.25, 0.3) is 0 Å². The highest BCUT2D eigenvalue weighted by atomic mass is 16.5. The molecule has 4 N–H and O–H groups in total. The molecular formula is C13H19N3O3. The minimum absolute atomic E-state index is 0.133. The van der Waals surface area contributed by atoms with Gasteiger partial charge in [-0.25, -0.2) is 4.79 Å². The second kappa shape index (κ2) is 8.10. The molecule has 0 fully saturated rings. The maximum Gasteiger partial charge on any atom is 0.315 e. The summed E-state index contributed by atoms with van der Waals surface area (Å²) in [7, 11) is 1.63. The van der Waals surface area contributed by atoms with E-state index in [4.69, 9.17) is 10.5 Å².